The summed E-state index contributed by atoms with van der Waals surface area (Å²) in [5.74, 6) is 0.245. The Morgan fingerprint density at radius 3 is 2.65 bits per heavy atom. The molecule has 7 nitrogen and oxygen atoms in total. The minimum atomic E-state index is -0.352. The number of aryl methyl sites for hydroxylation is 1. The molecule has 2 aromatic carbocycles. The average Bonchev–Trinajstić information content (AvgIpc) is 3.20. The molecule has 0 saturated heterocycles. The minimum Gasteiger partial charge on any atom is -0.455 e. The molecule has 0 spiro atoms. The van der Waals surface area contributed by atoms with Crippen molar-refractivity contribution in [1.82, 2.24) is 10.4 Å². The molecule has 0 unspecified atom stereocenters. The largest absolute Gasteiger partial charge is 0.455 e. The monoisotopic (exact) mass is 472 g/mol. The van der Waals surface area contributed by atoms with Crippen LogP contribution in [0.3, 0.4) is 0 Å². The Labute approximate surface area is 200 Å². The van der Waals surface area contributed by atoms with Crippen LogP contribution in [-0.4, -0.2) is 22.5 Å². The highest BCUT2D eigenvalue weighted by Crippen LogP contribution is 2.31. The first-order chi connectivity index (χ1) is 16.5. The summed E-state index contributed by atoms with van der Waals surface area (Å²) in [5, 5.41) is 8.78. The molecule has 34 heavy (non-hydrogen) atoms. The summed E-state index contributed by atoms with van der Waals surface area (Å²) in [6, 6.07) is 16.0. The first kappa shape index (κ1) is 21.9. The van der Waals surface area contributed by atoms with E-state index in [1.807, 2.05) is 37.3 Å². The van der Waals surface area contributed by atoms with Crippen molar-refractivity contribution in [3.8, 4) is 0 Å². The zero-order chi connectivity index (χ0) is 23.7. The number of aromatic nitrogens is 1. The maximum atomic E-state index is 13.1. The average molecular weight is 473 g/mol. The van der Waals surface area contributed by atoms with Gasteiger partial charge in [-0.2, -0.15) is 5.10 Å². The highest BCUT2D eigenvalue weighted by atomic mass is 35.5. The second kappa shape index (κ2) is 9.11. The van der Waals surface area contributed by atoms with E-state index in [4.69, 9.17) is 16.0 Å². The first-order valence-electron chi connectivity index (χ1n) is 10.9. The van der Waals surface area contributed by atoms with Crippen molar-refractivity contribution in [3.63, 3.8) is 0 Å². The van der Waals surface area contributed by atoms with E-state index in [9.17, 15) is 9.59 Å². The van der Waals surface area contributed by atoms with Crippen molar-refractivity contribution >= 4 is 45.7 Å². The van der Waals surface area contributed by atoms with E-state index >= 15 is 0 Å². The van der Waals surface area contributed by atoms with Gasteiger partial charge in [-0.25, -0.2) is 5.43 Å². The molecular weight excluding hydrogens is 452 g/mol. The number of hydrogen-bond donors (Lipinski definition) is 2. The number of hydrogen-bond acceptors (Lipinski definition) is 5. The number of nitrogens with zero attached hydrogens (tertiary/aromatic N) is 2. The van der Waals surface area contributed by atoms with Crippen molar-refractivity contribution in [2.45, 2.75) is 26.2 Å². The van der Waals surface area contributed by atoms with E-state index in [-0.39, 0.29) is 17.6 Å². The van der Waals surface area contributed by atoms with Crippen LogP contribution in [-0.2, 0) is 6.42 Å². The topological polar surface area (TPSA) is 96.6 Å². The Hall–Kier alpha value is -3.97. The van der Waals surface area contributed by atoms with Crippen LogP contribution in [0.25, 0.3) is 10.9 Å². The number of hydrazone groups is 1. The van der Waals surface area contributed by atoms with Crippen LogP contribution in [0, 0.1) is 6.92 Å². The lowest BCUT2D eigenvalue weighted by molar-refractivity contribution is 0.0953. The van der Waals surface area contributed by atoms with Gasteiger partial charge in [-0.05, 0) is 56.2 Å². The number of anilines is 1. The fraction of sp³-hybridized carbons (Fsp3) is 0.154. The first-order valence-corrected chi connectivity index (χ1v) is 11.3. The molecule has 0 aliphatic heterocycles. The van der Waals surface area contributed by atoms with Crippen molar-refractivity contribution in [3.05, 3.63) is 94.0 Å². The summed E-state index contributed by atoms with van der Waals surface area (Å²) in [4.78, 5) is 30.0. The number of halogens is 1. The molecule has 2 amide bonds. The molecule has 2 heterocycles. The molecule has 1 aliphatic carbocycles. The molecule has 4 aromatic rings. The number of carbonyl (C=O) groups is 2. The number of amides is 2. The van der Waals surface area contributed by atoms with Gasteiger partial charge in [-0.1, -0.05) is 29.8 Å². The molecule has 5 rings (SSSR count). The maximum absolute atomic E-state index is 13.1. The summed E-state index contributed by atoms with van der Waals surface area (Å²) in [7, 11) is 0. The normalized spacial score (nSPS) is 14.1. The zero-order valence-electron chi connectivity index (χ0n) is 18.4. The fourth-order valence-electron chi connectivity index (χ4n) is 4.16. The number of carbonyl (C=O) groups excluding carboxylic acids is 2. The van der Waals surface area contributed by atoms with Gasteiger partial charge in [0, 0.05) is 39.7 Å². The predicted molar refractivity (Wildman–Crippen MR) is 132 cm³/mol. The molecule has 0 saturated carbocycles. The highest BCUT2D eigenvalue weighted by Gasteiger charge is 2.28. The van der Waals surface area contributed by atoms with Crippen LogP contribution in [0.15, 0.2) is 70.3 Å². The Morgan fingerprint density at radius 2 is 1.82 bits per heavy atom. The van der Waals surface area contributed by atoms with Gasteiger partial charge in [0.2, 0.25) is 0 Å². The summed E-state index contributed by atoms with van der Waals surface area (Å²) < 4.78 is 5.98. The third-order valence-electron chi connectivity index (χ3n) is 5.81. The van der Waals surface area contributed by atoms with Gasteiger partial charge < -0.3 is 9.73 Å². The standard InChI is InChI=1S/C26H21ClN4O3/c1-15-22-19(30-31-25(32)17-10-12-18(27)13-11-17)7-3-9-21(22)34-24(15)26(33)29-20-8-2-5-16-6-4-14-28-23(16)20/h2,4-6,8,10-14H,3,7,9H2,1H3,(H,29,33)(H,31,32)/b30-19+. The third-order valence-corrected chi connectivity index (χ3v) is 6.06. The van der Waals surface area contributed by atoms with Crippen LogP contribution in [0.4, 0.5) is 5.69 Å². The van der Waals surface area contributed by atoms with Crippen LogP contribution >= 0.6 is 11.6 Å². The lowest BCUT2D eigenvalue weighted by atomic mass is 9.93. The fourth-order valence-corrected chi connectivity index (χ4v) is 4.29. The van der Waals surface area contributed by atoms with Gasteiger partial charge >= 0.3 is 0 Å². The molecule has 2 aromatic heterocycles. The molecule has 0 bridgehead atoms. The van der Waals surface area contributed by atoms with Crippen molar-refractivity contribution in [1.29, 1.82) is 0 Å². The van der Waals surface area contributed by atoms with Gasteiger partial charge in [0.15, 0.2) is 5.76 Å². The predicted octanol–water partition coefficient (Wildman–Crippen LogP) is 5.51. The van der Waals surface area contributed by atoms with E-state index in [1.54, 1.807) is 30.5 Å². The van der Waals surface area contributed by atoms with E-state index in [1.165, 1.54) is 0 Å². The van der Waals surface area contributed by atoms with Crippen molar-refractivity contribution < 1.29 is 14.0 Å². The number of pyridine rings is 1. The van der Waals surface area contributed by atoms with Crippen molar-refractivity contribution in [2.24, 2.45) is 5.10 Å². The van der Waals surface area contributed by atoms with Gasteiger partial charge in [-0.15, -0.1) is 0 Å². The van der Waals surface area contributed by atoms with Gasteiger partial charge in [-0.3, -0.25) is 14.6 Å². The molecule has 2 N–H and O–H groups in total. The summed E-state index contributed by atoms with van der Waals surface area (Å²) in [5.41, 5.74) is 6.55. The number of fused-ring (bicyclic) bond motifs is 2. The summed E-state index contributed by atoms with van der Waals surface area (Å²) >= 11 is 5.89. The Balaban J connectivity index is 1.40. The Kier molecular flexibility index (Phi) is 5.86. The number of para-hydroxylation sites is 1. The molecule has 0 fully saturated rings. The minimum absolute atomic E-state index is 0.233. The van der Waals surface area contributed by atoms with E-state index < -0.39 is 0 Å². The SMILES string of the molecule is Cc1c(C(=O)Nc2cccc3cccnc23)oc2c1/C(=N/NC(=O)c1ccc(Cl)cc1)CCC2. The molecule has 1 aliphatic rings. The quantitative estimate of drug-likeness (QED) is 0.382. The van der Waals surface area contributed by atoms with Crippen LogP contribution in [0.2, 0.25) is 5.02 Å². The lowest BCUT2D eigenvalue weighted by Gasteiger charge is -2.13. The van der Waals surface area contributed by atoms with Crippen LogP contribution < -0.4 is 10.7 Å². The lowest BCUT2D eigenvalue weighted by Crippen LogP contribution is -2.22. The van der Waals surface area contributed by atoms with Crippen LogP contribution in [0.1, 0.15) is 50.6 Å². The molecule has 0 atom stereocenters. The number of nitrogens with one attached hydrogen (secondary N) is 2. The molecular formula is C26H21ClN4O3. The van der Waals surface area contributed by atoms with E-state index in [2.05, 4.69) is 20.8 Å². The number of benzene rings is 2. The molecule has 8 heteroatoms. The summed E-state index contributed by atoms with van der Waals surface area (Å²) in [6.07, 6.45) is 3.87. The maximum Gasteiger partial charge on any atom is 0.291 e. The summed E-state index contributed by atoms with van der Waals surface area (Å²) in [6.45, 7) is 1.83. The van der Waals surface area contributed by atoms with Crippen LogP contribution in [0.5, 0.6) is 0 Å². The molecule has 170 valence electrons. The highest BCUT2D eigenvalue weighted by molar-refractivity contribution is 6.30. The van der Waals surface area contributed by atoms with E-state index in [0.717, 1.165) is 17.4 Å². The van der Waals surface area contributed by atoms with Crippen molar-refractivity contribution in [2.75, 3.05) is 5.32 Å². The number of rotatable bonds is 4. The van der Waals surface area contributed by atoms with Gasteiger partial charge in [0.05, 0.1) is 16.9 Å². The second-order valence-electron chi connectivity index (χ2n) is 8.05. The third kappa shape index (κ3) is 4.18. The zero-order valence-corrected chi connectivity index (χ0v) is 19.1. The number of furan rings is 1. The van der Waals surface area contributed by atoms with E-state index in [0.29, 0.717) is 51.7 Å². The van der Waals surface area contributed by atoms with Gasteiger partial charge in [0.25, 0.3) is 11.8 Å². The van der Waals surface area contributed by atoms with Gasteiger partial charge in [0.1, 0.15) is 5.76 Å². The second-order valence-corrected chi connectivity index (χ2v) is 8.49. The Morgan fingerprint density at radius 1 is 1.03 bits per heavy atom. The smallest absolute Gasteiger partial charge is 0.291 e. The Bertz CT molecular complexity index is 1440. The molecule has 0 radical (unpaired) electrons.